The minimum absolute atomic E-state index is 0. The van der Waals surface area contributed by atoms with Gasteiger partial charge in [-0.05, 0) is 0 Å². The molecule has 0 aromatic rings. The zero-order chi connectivity index (χ0) is 4.50. The van der Waals surface area contributed by atoms with Gasteiger partial charge in [0.15, 0.2) is 0 Å². The molecule has 0 bridgehead atoms. The molecular weight excluding hydrogens is 220 g/mol. The summed E-state index contributed by atoms with van der Waals surface area (Å²) in [6.45, 7) is 0. The minimum Gasteiger partial charge on any atom is -1.00 e. The molecule has 0 aromatic heterocycles. The van der Waals surface area contributed by atoms with Gasteiger partial charge >= 0.3 is 162 Å². The molecule has 0 amide bonds. The molecule has 9 heavy (non-hydrogen) atoms. The summed E-state index contributed by atoms with van der Waals surface area (Å²) in [5.41, 5.74) is 0. The van der Waals surface area contributed by atoms with E-state index < -0.39 is 10.4 Å². The van der Waals surface area contributed by atoms with Crippen LogP contribution in [0, 0.1) is 0 Å². The first-order valence-electron chi connectivity index (χ1n) is 0.667. The van der Waals surface area contributed by atoms with Crippen LogP contribution in [0.5, 0.6) is 0 Å². The zero-order valence-electron chi connectivity index (χ0n) is 8.04. The van der Waals surface area contributed by atoms with E-state index in [1.165, 1.54) is 0 Å². The molecule has 0 rings (SSSR count). The smallest absolute Gasteiger partial charge is 1.00 e. The molecule has 4 nitrogen and oxygen atoms in total. The van der Waals surface area contributed by atoms with E-state index in [1.54, 1.807) is 0 Å². The molecule has 0 unspecified atom stereocenters. The molecule has 0 radical (unpaired) electrons. The Morgan fingerprint density at radius 2 is 1.00 bits per heavy atom. The Bertz CT molecular complexity index is 107. The van der Waals surface area contributed by atoms with Crippen LogP contribution in [-0.4, -0.2) is 17.5 Å². The quantitative estimate of drug-likeness (QED) is 0.231. The van der Waals surface area contributed by atoms with E-state index in [4.69, 9.17) is 17.5 Å². The molecule has 0 aliphatic carbocycles. The molecule has 0 N–H and O–H groups in total. The predicted molar refractivity (Wildman–Crippen MR) is 12.7 cm³/mol. The molecule has 0 spiro atoms. The summed E-state index contributed by atoms with van der Waals surface area (Å²) in [4.78, 5) is 0. The molecular formula is H2K2Na2O4S. The third-order valence-corrected chi connectivity index (χ3v) is 0. The molecule has 0 aliphatic heterocycles. The molecule has 0 aromatic carbocycles. The van der Waals surface area contributed by atoms with Crippen LogP contribution >= 0.6 is 0 Å². The second-order valence-corrected chi connectivity index (χ2v) is 1.22. The summed E-state index contributed by atoms with van der Waals surface area (Å²) >= 11 is 0. The second kappa shape index (κ2) is 15.6. The van der Waals surface area contributed by atoms with Gasteiger partial charge in [0.1, 0.15) is 0 Å². The fourth-order valence-electron chi connectivity index (χ4n) is 0. The minimum atomic E-state index is -5.17. The fraction of sp³-hybridized carbons (Fsp3) is 0. The van der Waals surface area contributed by atoms with E-state index in [2.05, 4.69) is 0 Å². The summed E-state index contributed by atoms with van der Waals surface area (Å²) in [6.07, 6.45) is 0. The summed E-state index contributed by atoms with van der Waals surface area (Å²) in [7, 11) is -5.17. The van der Waals surface area contributed by atoms with Crippen LogP contribution < -0.4 is 162 Å². The van der Waals surface area contributed by atoms with Crippen LogP contribution in [0.2, 0.25) is 0 Å². The molecule has 0 saturated carbocycles. The molecule has 9 heteroatoms. The standard InChI is InChI=1S/2K.2Na.H2O4S.2H/c;;;;1-5(2,3)4;;/h;;;;(H2,1,2,3,4);;/q4*+1;;2*-1/p-2. The summed E-state index contributed by atoms with van der Waals surface area (Å²) in [5, 5.41) is 0. The Morgan fingerprint density at radius 1 is 1.00 bits per heavy atom. The van der Waals surface area contributed by atoms with Gasteiger partial charge in [0.2, 0.25) is 0 Å². The Balaban J connectivity index is -0.00000000533. The molecule has 0 atom stereocenters. The van der Waals surface area contributed by atoms with Crippen molar-refractivity contribution in [2.24, 2.45) is 0 Å². The number of rotatable bonds is 0. The van der Waals surface area contributed by atoms with Crippen molar-refractivity contribution in [2.75, 3.05) is 0 Å². The average Bonchev–Trinajstić information content (AvgIpc) is 0.722. The van der Waals surface area contributed by atoms with Crippen LogP contribution in [0.3, 0.4) is 0 Å². The summed E-state index contributed by atoms with van der Waals surface area (Å²) in [5.74, 6) is 0. The van der Waals surface area contributed by atoms with Gasteiger partial charge in [-0.25, -0.2) is 0 Å². The van der Waals surface area contributed by atoms with E-state index in [1.807, 2.05) is 0 Å². The van der Waals surface area contributed by atoms with Crippen LogP contribution in [-0.2, 0) is 10.4 Å². The van der Waals surface area contributed by atoms with Gasteiger partial charge in [-0.3, -0.25) is 8.42 Å². The Labute approximate surface area is 187 Å². The summed E-state index contributed by atoms with van der Waals surface area (Å²) in [6, 6.07) is 0. The first-order chi connectivity index (χ1) is 2.00. The van der Waals surface area contributed by atoms with Crippen LogP contribution in [0.4, 0.5) is 0 Å². The maximum absolute atomic E-state index is 8.52. The van der Waals surface area contributed by atoms with E-state index >= 15 is 0 Å². The summed E-state index contributed by atoms with van der Waals surface area (Å²) < 4.78 is 34.1. The van der Waals surface area contributed by atoms with E-state index in [0.717, 1.165) is 0 Å². The maximum Gasteiger partial charge on any atom is 1.00 e. The van der Waals surface area contributed by atoms with Crippen molar-refractivity contribution in [3.63, 3.8) is 0 Å². The van der Waals surface area contributed by atoms with Crippen molar-refractivity contribution < 1.29 is 182 Å². The van der Waals surface area contributed by atoms with Crippen LogP contribution in [0.1, 0.15) is 2.85 Å². The van der Waals surface area contributed by atoms with E-state index in [9.17, 15) is 0 Å². The van der Waals surface area contributed by atoms with Crippen molar-refractivity contribution in [1.29, 1.82) is 0 Å². The average molecular weight is 222 g/mol. The third kappa shape index (κ3) is 61.7. The van der Waals surface area contributed by atoms with Gasteiger partial charge in [-0.1, -0.05) is 0 Å². The number of hydrogen-bond acceptors (Lipinski definition) is 4. The van der Waals surface area contributed by atoms with Gasteiger partial charge in [0.05, 0.1) is 0 Å². The first-order valence-corrected chi connectivity index (χ1v) is 2.00. The zero-order valence-corrected chi connectivity index (χ0v) is 17.1. The number of hydrogen-bond donors (Lipinski definition) is 0. The molecule has 36 valence electrons. The SMILES string of the molecule is O=S(=O)([O-])[O-].[H-].[H-].[K+].[K+].[Na+].[Na+]. The second-order valence-electron chi connectivity index (χ2n) is 0.408. The Kier molecular flexibility index (Phi) is 50.7. The molecule has 0 fully saturated rings. The van der Waals surface area contributed by atoms with Crippen molar-refractivity contribution in [3.8, 4) is 0 Å². The molecule has 0 aliphatic rings. The monoisotopic (exact) mass is 222 g/mol. The van der Waals surface area contributed by atoms with Crippen LogP contribution in [0.25, 0.3) is 0 Å². The Hall–Kier alpha value is 5.14. The Morgan fingerprint density at radius 3 is 1.00 bits per heavy atom. The van der Waals surface area contributed by atoms with Gasteiger partial charge in [-0.15, -0.1) is 0 Å². The van der Waals surface area contributed by atoms with Crippen molar-refractivity contribution in [2.45, 2.75) is 0 Å². The maximum atomic E-state index is 8.52. The van der Waals surface area contributed by atoms with E-state index in [0.29, 0.717) is 0 Å². The van der Waals surface area contributed by atoms with E-state index in [-0.39, 0.29) is 165 Å². The van der Waals surface area contributed by atoms with Crippen molar-refractivity contribution in [1.82, 2.24) is 0 Å². The molecule has 0 heterocycles. The van der Waals surface area contributed by atoms with Crippen molar-refractivity contribution in [3.05, 3.63) is 0 Å². The van der Waals surface area contributed by atoms with Gasteiger partial charge in [0.25, 0.3) is 0 Å². The topological polar surface area (TPSA) is 80.3 Å². The molecule has 0 saturated heterocycles. The van der Waals surface area contributed by atoms with Gasteiger partial charge in [0, 0.05) is 10.4 Å². The predicted octanol–water partition coefficient (Wildman–Crippen LogP) is -13.1. The van der Waals surface area contributed by atoms with Gasteiger partial charge < -0.3 is 12.0 Å². The van der Waals surface area contributed by atoms with Crippen molar-refractivity contribution >= 4 is 10.4 Å². The van der Waals surface area contributed by atoms with Crippen LogP contribution in [0.15, 0.2) is 0 Å². The normalized spacial score (nSPS) is 6.44. The largest absolute Gasteiger partial charge is 1.00 e. The van der Waals surface area contributed by atoms with Gasteiger partial charge in [-0.2, -0.15) is 0 Å². The third-order valence-electron chi connectivity index (χ3n) is 0. The first kappa shape index (κ1) is 29.2. The fourth-order valence-corrected chi connectivity index (χ4v) is 0.